The Bertz CT molecular complexity index is 490. The van der Waals surface area contributed by atoms with Crippen molar-refractivity contribution in [2.24, 2.45) is 0 Å². The second kappa shape index (κ2) is 8.69. The molecule has 0 spiro atoms. The van der Waals surface area contributed by atoms with Crippen molar-refractivity contribution >= 4 is 23.6 Å². The number of hydrogen-bond acceptors (Lipinski definition) is 4. The zero-order chi connectivity index (χ0) is 15.8. The Morgan fingerprint density at radius 3 is 2.57 bits per heavy atom. The minimum atomic E-state index is -1.06. The average molecular weight is 311 g/mol. The van der Waals surface area contributed by atoms with Gasteiger partial charge in [0.25, 0.3) is 5.91 Å². The molecular weight excluding hydrogens is 290 g/mol. The van der Waals surface area contributed by atoms with Crippen LogP contribution in [-0.4, -0.2) is 42.0 Å². The van der Waals surface area contributed by atoms with Crippen LogP contribution in [0.5, 0.6) is 0 Å². The highest BCUT2D eigenvalue weighted by Gasteiger charge is 2.21. The molecule has 0 aromatic heterocycles. The van der Waals surface area contributed by atoms with Crippen LogP contribution in [0.25, 0.3) is 0 Å². The predicted octanol–water partition coefficient (Wildman–Crippen LogP) is 2.41. The average Bonchev–Trinajstić information content (AvgIpc) is 2.42. The van der Waals surface area contributed by atoms with Crippen LogP contribution in [0, 0.1) is 0 Å². The number of aliphatic carboxylic acids is 1. The lowest BCUT2D eigenvalue weighted by molar-refractivity contribution is -0.139. The summed E-state index contributed by atoms with van der Waals surface area (Å²) in [6, 6.07) is 6.25. The van der Waals surface area contributed by atoms with E-state index in [4.69, 9.17) is 9.84 Å². The van der Waals surface area contributed by atoms with Crippen molar-refractivity contribution in [3.63, 3.8) is 0 Å². The van der Waals surface area contributed by atoms with Gasteiger partial charge in [0.05, 0.1) is 5.56 Å². The van der Waals surface area contributed by atoms with Crippen LogP contribution in [0.1, 0.15) is 30.6 Å². The van der Waals surface area contributed by atoms with Crippen LogP contribution in [0.4, 0.5) is 0 Å². The number of carbonyl (C=O) groups excluding carboxylic acids is 1. The van der Waals surface area contributed by atoms with Crippen molar-refractivity contribution in [1.82, 2.24) is 5.32 Å². The van der Waals surface area contributed by atoms with Gasteiger partial charge < -0.3 is 15.2 Å². The third-order valence-corrected chi connectivity index (χ3v) is 3.79. The molecule has 1 aromatic rings. The van der Waals surface area contributed by atoms with E-state index in [1.54, 1.807) is 23.9 Å². The van der Waals surface area contributed by atoms with Crippen molar-refractivity contribution in [3.8, 4) is 0 Å². The van der Waals surface area contributed by atoms with Gasteiger partial charge in [0.2, 0.25) is 0 Å². The molecule has 116 valence electrons. The van der Waals surface area contributed by atoms with E-state index in [9.17, 15) is 9.59 Å². The van der Waals surface area contributed by atoms with Gasteiger partial charge in [-0.2, -0.15) is 0 Å². The normalized spacial score (nSPS) is 12.2. The number of hydrogen-bond donors (Lipinski definition) is 2. The largest absolute Gasteiger partial charge is 0.480 e. The number of carboxylic acids is 1. The van der Waals surface area contributed by atoms with Gasteiger partial charge in [-0.1, -0.05) is 26.0 Å². The highest BCUT2D eigenvalue weighted by Crippen LogP contribution is 2.26. The van der Waals surface area contributed by atoms with E-state index in [0.717, 1.165) is 4.90 Å². The molecule has 0 heterocycles. The van der Waals surface area contributed by atoms with Crippen LogP contribution in [0.3, 0.4) is 0 Å². The summed E-state index contributed by atoms with van der Waals surface area (Å²) < 4.78 is 4.87. The standard InChI is InChI=1S/C15H21NO4S/c1-10(2)21-13-7-5-4-6-11(13)14(17)16-12(15(18)19)8-9-20-3/h4-7,10,12H,8-9H2,1-3H3,(H,16,17)(H,18,19). The molecule has 0 bridgehead atoms. The molecule has 1 amide bonds. The van der Waals surface area contributed by atoms with E-state index in [1.165, 1.54) is 7.11 Å². The minimum Gasteiger partial charge on any atom is -0.480 e. The molecule has 0 radical (unpaired) electrons. The fourth-order valence-electron chi connectivity index (χ4n) is 1.74. The van der Waals surface area contributed by atoms with Gasteiger partial charge in [-0.05, 0) is 12.1 Å². The van der Waals surface area contributed by atoms with Crippen molar-refractivity contribution in [1.29, 1.82) is 0 Å². The zero-order valence-electron chi connectivity index (χ0n) is 12.5. The molecule has 0 aliphatic carbocycles. The first-order valence-corrected chi connectivity index (χ1v) is 7.62. The fraction of sp³-hybridized carbons (Fsp3) is 0.467. The van der Waals surface area contributed by atoms with Gasteiger partial charge in [-0.3, -0.25) is 4.79 Å². The lowest BCUT2D eigenvalue weighted by Crippen LogP contribution is -2.41. The number of ether oxygens (including phenoxy) is 1. The first-order chi connectivity index (χ1) is 9.95. The molecule has 2 N–H and O–H groups in total. The maximum atomic E-state index is 12.3. The van der Waals surface area contributed by atoms with E-state index >= 15 is 0 Å². The summed E-state index contributed by atoms with van der Waals surface area (Å²) in [5.41, 5.74) is 0.500. The van der Waals surface area contributed by atoms with E-state index in [2.05, 4.69) is 5.32 Å². The number of benzene rings is 1. The second-order valence-electron chi connectivity index (χ2n) is 4.81. The van der Waals surface area contributed by atoms with Gasteiger partial charge in [-0.15, -0.1) is 11.8 Å². The first-order valence-electron chi connectivity index (χ1n) is 6.74. The molecule has 0 saturated heterocycles. The van der Waals surface area contributed by atoms with Crippen LogP contribution < -0.4 is 5.32 Å². The lowest BCUT2D eigenvalue weighted by Gasteiger charge is -2.16. The van der Waals surface area contributed by atoms with Gasteiger partial charge in [0.15, 0.2) is 0 Å². The lowest BCUT2D eigenvalue weighted by atomic mass is 10.1. The Kier molecular flexibility index (Phi) is 7.25. The molecule has 21 heavy (non-hydrogen) atoms. The Morgan fingerprint density at radius 1 is 1.33 bits per heavy atom. The molecule has 5 nitrogen and oxygen atoms in total. The van der Waals surface area contributed by atoms with Crippen molar-refractivity contribution in [2.45, 2.75) is 36.5 Å². The molecular formula is C15H21NO4S. The maximum absolute atomic E-state index is 12.3. The molecule has 6 heteroatoms. The van der Waals surface area contributed by atoms with Crippen LogP contribution in [0.15, 0.2) is 29.2 Å². The first kappa shape index (κ1) is 17.5. The summed E-state index contributed by atoms with van der Waals surface area (Å²) in [7, 11) is 1.50. The number of rotatable bonds is 8. The summed E-state index contributed by atoms with van der Waals surface area (Å²) in [6.07, 6.45) is 0.233. The Balaban J connectivity index is 2.84. The highest BCUT2D eigenvalue weighted by atomic mass is 32.2. The SMILES string of the molecule is COCCC(NC(=O)c1ccccc1SC(C)C)C(=O)O. The predicted molar refractivity (Wildman–Crippen MR) is 82.8 cm³/mol. The summed E-state index contributed by atoms with van der Waals surface area (Å²) >= 11 is 1.57. The molecule has 1 unspecified atom stereocenters. The number of carboxylic acid groups (broad SMARTS) is 1. The molecule has 0 aliphatic heterocycles. The fourth-order valence-corrected chi connectivity index (χ4v) is 2.69. The number of amides is 1. The van der Waals surface area contributed by atoms with Crippen LogP contribution >= 0.6 is 11.8 Å². The van der Waals surface area contributed by atoms with Crippen molar-refractivity contribution in [3.05, 3.63) is 29.8 Å². The van der Waals surface area contributed by atoms with E-state index < -0.39 is 12.0 Å². The highest BCUT2D eigenvalue weighted by molar-refractivity contribution is 8.00. The maximum Gasteiger partial charge on any atom is 0.326 e. The molecule has 0 aliphatic rings. The third-order valence-electron chi connectivity index (χ3n) is 2.71. The van der Waals surface area contributed by atoms with E-state index in [1.807, 2.05) is 26.0 Å². The summed E-state index contributed by atoms with van der Waals surface area (Å²) in [5.74, 6) is -1.43. The second-order valence-corrected chi connectivity index (χ2v) is 6.43. The van der Waals surface area contributed by atoms with Crippen molar-refractivity contribution < 1.29 is 19.4 Å². The number of methoxy groups -OCH3 is 1. The molecule has 0 saturated carbocycles. The smallest absolute Gasteiger partial charge is 0.326 e. The van der Waals surface area contributed by atoms with Gasteiger partial charge >= 0.3 is 5.97 Å². The number of thioether (sulfide) groups is 1. The molecule has 1 aromatic carbocycles. The minimum absolute atomic E-state index is 0.233. The van der Waals surface area contributed by atoms with Crippen LogP contribution in [0.2, 0.25) is 0 Å². The Morgan fingerprint density at radius 2 is 2.00 bits per heavy atom. The summed E-state index contributed by atoms with van der Waals surface area (Å²) in [4.78, 5) is 24.3. The van der Waals surface area contributed by atoms with Gasteiger partial charge in [-0.25, -0.2) is 4.79 Å². The summed E-state index contributed by atoms with van der Waals surface area (Å²) in [5, 5.41) is 12.0. The quantitative estimate of drug-likeness (QED) is 0.721. The molecule has 1 atom stereocenters. The van der Waals surface area contributed by atoms with E-state index in [-0.39, 0.29) is 18.9 Å². The third kappa shape index (κ3) is 5.77. The van der Waals surface area contributed by atoms with Crippen molar-refractivity contribution in [2.75, 3.05) is 13.7 Å². The monoisotopic (exact) mass is 311 g/mol. The topological polar surface area (TPSA) is 75.6 Å². The number of nitrogens with one attached hydrogen (secondary N) is 1. The zero-order valence-corrected chi connectivity index (χ0v) is 13.3. The molecule has 1 rings (SSSR count). The van der Waals surface area contributed by atoms with Gasteiger partial charge in [0, 0.05) is 30.3 Å². The Hall–Kier alpha value is -1.53. The van der Waals surface area contributed by atoms with E-state index in [0.29, 0.717) is 10.8 Å². The number of carbonyl (C=O) groups is 2. The summed E-state index contributed by atoms with van der Waals surface area (Å²) in [6.45, 7) is 4.36. The van der Waals surface area contributed by atoms with Crippen LogP contribution in [-0.2, 0) is 9.53 Å². The van der Waals surface area contributed by atoms with Gasteiger partial charge in [0.1, 0.15) is 6.04 Å². The molecule has 0 fully saturated rings. The Labute approximate surface area is 129 Å².